The second-order valence-electron chi connectivity index (χ2n) is 4.40. The summed E-state index contributed by atoms with van der Waals surface area (Å²) in [5, 5.41) is 3.01. The zero-order valence-electron chi connectivity index (χ0n) is 11.6. The molecule has 0 aliphatic carbocycles. The van der Waals surface area contributed by atoms with E-state index in [0.29, 0.717) is 5.88 Å². The zero-order chi connectivity index (χ0) is 13.8. The van der Waals surface area contributed by atoms with Gasteiger partial charge in [-0.3, -0.25) is 0 Å². The molecule has 0 spiro atoms. The third-order valence-electron chi connectivity index (χ3n) is 2.82. The lowest BCUT2D eigenvalue weighted by molar-refractivity contribution is 0.458. The summed E-state index contributed by atoms with van der Waals surface area (Å²) in [5.74, 6) is 2.10. The van der Waals surface area contributed by atoms with Gasteiger partial charge in [-0.25, -0.2) is 9.97 Å². The number of hydrogen-bond donors (Lipinski definition) is 1. The molecule has 2 aromatic rings. The van der Waals surface area contributed by atoms with Crippen LogP contribution in [0, 0.1) is 6.92 Å². The Morgan fingerprint density at radius 3 is 2.68 bits per heavy atom. The number of benzene rings is 1. The van der Waals surface area contributed by atoms with Crippen LogP contribution in [0.1, 0.15) is 5.56 Å². The van der Waals surface area contributed by atoms with Crippen LogP contribution in [0.15, 0.2) is 30.6 Å². The Labute approximate surface area is 113 Å². The molecule has 0 unspecified atom stereocenters. The van der Waals surface area contributed by atoms with Crippen molar-refractivity contribution in [2.45, 2.75) is 6.92 Å². The molecule has 1 heterocycles. The van der Waals surface area contributed by atoms with Gasteiger partial charge in [-0.2, -0.15) is 0 Å². The van der Waals surface area contributed by atoms with E-state index in [1.54, 1.807) is 0 Å². The Kier molecular flexibility index (Phi) is 3.85. The maximum atomic E-state index is 5.82. The number of ether oxygens (including phenoxy) is 1. The molecule has 0 saturated carbocycles. The first-order valence-electron chi connectivity index (χ1n) is 6.06. The monoisotopic (exact) mass is 258 g/mol. The van der Waals surface area contributed by atoms with E-state index in [2.05, 4.69) is 15.3 Å². The Morgan fingerprint density at radius 1 is 1.21 bits per heavy atom. The van der Waals surface area contributed by atoms with Gasteiger partial charge in [-0.1, -0.05) is 6.07 Å². The van der Waals surface area contributed by atoms with E-state index >= 15 is 0 Å². The molecule has 1 aromatic carbocycles. The third-order valence-corrected chi connectivity index (χ3v) is 2.82. The number of hydrogen-bond acceptors (Lipinski definition) is 5. The van der Waals surface area contributed by atoms with Gasteiger partial charge >= 0.3 is 0 Å². The van der Waals surface area contributed by atoms with E-state index in [0.717, 1.165) is 22.8 Å². The molecule has 5 heteroatoms. The van der Waals surface area contributed by atoms with Crippen molar-refractivity contribution in [1.29, 1.82) is 0 Å². The first-order chi connectivity index (χ1) is 9.11. The molecule has 0 fully saturated rings. The molecule has 0 saturated heterocycles. The zero-order valence-corrected chi connectivity index (χ0v) is 11.6. The van der Waals surface area contributed by atoms with Crippen LogP contribution in [0.2, 0.25) is 0 Å². The standard InChI is InChI=1S/C14H18N4O/c1-10-13(15-2)16-9-17-14(10)19-12-7-5-6-11(8-12)18(3)4/h5-9H,1-4H3,(H,15,16,17). The molecule has 0 atom stereocenters. The number of nitrogens with zero attached hydrogens (tertiary/aromatic N) is 3. The van der Waals surface area contributed by atoms with Gasteiger partial charge in [0.25, 0.3) is 0 Å². The molecule has 0 bridgehead atoms. The van der Waals surface area contributed by atoms with Gasteiger partial charge in [0.2, 0.25) is 5.88 Å². The van der Waals surface area contributed by atoms with Crippen LogP contribution in [0.5, 0.6) is 11.6 Å². The summed E-state index contributed by atoms with van der Waals surface area (Å²) < 4.78 is 5.82. The van der Waals surface area contributed by atoms with Crippen LogP contribution in [0.3, 0.4) is 0 Å². The smallest absolute Gasteiger partial charge is 0.227 e. The third kappa shape index (κ3) is 2.93. The van der Waals surface area contributed by atoms with Crippen molar-refractivity contribution in [3.05, 3.63) is 36.2 Å². The van der Waals surface area contributed by atoms with Crippen molar-refractivity contribution in [3.63, 3.8) is 0 Å². The van der Waals surface area contributed by atoms with Crippen molar-refractivity contribution < 1.29 is 4.74 Å². The highest BCUT2D eigenvalue weighted by Crippen LogP contribution is 2.27. The van der Waals surface area contributed by atoms with E-state index in [-0.39, 0.29) is 0 Å². The highest BCUT2D eigenvalue weighted by molar-refractivity contribution is 5.52. The van der Waals surface area contributed by atoms with Gasteiger partial charge in [0, 0.05) is 32.9 Å². The van der Waals surface area contributed by atoms with Gasteiger partial charge in [-0.15, -0.1) is 0 Å². The summed E-state index contributed by atoms with van der Waals surface area (Å²) in [5.41, 5.74) is 1.97. The first-order valence-corrected chi connectivity index (χ1v) is 6.06. The molecule has 0 aliphatic rings. The molecular formula is C14H18N4O. The van der Waals surface area contributed by atoms with Crippen LogP contribution >= 0.6 is 0 Å². The molecule has 19 heavy (non-hydrogen) atoms. The maximum Gasteiger partial charge on any atom is 0.227 e. The second kappa shape index (κ2) is 5.56. The minimum atomic E-state index is 0.565. The van der Waals surface area contributed by atoms with Gasteiger partial charge in [0.1, 0.15) is 17.9 Å². The molecule has 0 aliphatic heterocycles. The average Bonchev–Trinajstić information content (AvgIpc) is 2.41. The van der Waals surface area contributed by atoms with Crippen molar-refractivity contribution in [3.8, 4) is 11.6 Å². The number of nitrogens with one attached hydrogen (secondary N) is 1. The van der Waals surface area contributed by atoms with E-state index in [9.17, 15) is 0 Å². The quantitative estimate of drug-likeness (QED) is 0.913. The molecule has 0 amide bonds. The van der Waals surface area contributed by atoms with E-state index < -0.39 is 0 Å². The maximum absolute atomic E-state index is 5.82. The number of anilines is 2. The summed E-state index contributed by atoms with van der Waals surface area (Å²) in [6.45, 7) is 1.93. The highest BCUT2D eigenvalue weighted by atomic mass is 16.5. The fourth-order valence-electron chi connectivity index (χ4n) is 1.73. The average molecular weight is 258 g/mol. The molecule has 0 radical (unpaired) electrons. The summed E-state index contributed by atoms with van der Waals surface area (Å²) >= 11 is 0. The molecular weight excluding hydrogens is 240 g/mol. The van der Waals surface area contributed by atoms with Crippen LogP contribution in [-0.4, -0.2) is 31.1 Å². The fraction of sp³-hybridized carbons (Fsp3) is 0.286. The molecule has 1 aromatic heterocycles. The van der Waals surface area contributed by atoms with Gasteiger partial charge < -0.3 is 15.0 Å². The lowest BCUT2D eigenvalue weighted by Crippen LogP contribution is -2.08. The Morgan fingerprint density at radius 2 is 2.00 bits per heavy atom. The van der Waals surface area contributed by atoms with Crippen molar-refractivity contribution in [2.24, 2.45) is 0 Å². The van der Waals surface area contributed by atoms with Crippen LogP contribution in [0.25, 0.3) is 0 Å². The lowest BCUT2D eigenvalue weighted by Gasteiger charge is -2.14. The highest BCUT2D eigenvalue weighted by Gasteiger charge is 2.08. The largest absolute Gasteiger partial charge is 0.438 e. The Hall–Kier alpha value is -2.30. The summed E-state index contributed by atoms with van der Waals surface area (Å²) in [4.78, 5) is 10.3. The number of rotatable bonds is 4. The Balaban J connectivity index is 2.28. The van der Waals surface area contributed by atoms with Crippen molar-refractivity contribution >= 4 is 11.5 Å². The van der Waals surface area contributed by atoms with Gasteiger partial charge in [0.05, 0.1) is 5.56 Å². The van der Waals surface area contributed by atoms with E-state index in [1.807, 2.05) is 57.2 Å². The lowest BCUT2D eigenvalue weighted by atomic mass is 10.3. The summed E-state index contributed by atoms with van der Waals surface area (Å²) in [6, 6.07) is 7.87. The first kappa shape index (κ1) is 13.1. The SMILES string of the molecule is CNc1ncnc(Oc2cccc(N(C)C)c2)c1C. The van der Waals surface area contributed by atoms with Gasteiger partial charge in [-0.05, 0) is 19.1 Å². The second-order valence-corrected chi connectivity index (χ2v) is 4.40. The Bertz CT molecular complexity index is 569. The minimum Gasteiger partial charge on any atom is -0.438 e. The van der Waals surface area contributed by atoms with Gasteiger partial charge in [0.15, 0.2) is 0 Å². The minimum absolute atomic E-state index is 0.565. The predicted octanol–water partition coefficient (Wildman–Crippen LogP) is 2.69. The van der Waals surface area contributed by atoms with Crippen molar-refractivity contribution in [2.75, 3.05) is 31.4 Å². The molecule has 1 N–H and O–H groups in total. The summed E-state index contributed by atoms with van der Waals surface area (Å²) in [7, 11) is 5.81. The normalized spacial score (nSPS) is 10.1. The summed E-state index contributed by atoms with van der Waals surface area (Å²) in [6.07, 6.45) is 1.49. The number of aromatic nitrogens is 2. The van der Waals surface area contributed by atoms with Crippen LogP contribution in [0.4, 0.5) is 11.5 Å². The topological polar surface area (TPSA) is 50.3 Å². The fourth-order valence-corrected chi connectivity index (χ4v) is 1.73. The van der Waals surface area contributed by atoms with Crippen LogP contribution < -0.4 is 15.0 Å². The molecule has 2 rings (SSSR count). The predicted molar refractivity (Wildman–Crippen MR) is 77.2 cm³/mol. The van der Waals surface area contributed by atoms with Crippen molar-refractivity contribution in [1.82, 2.24) is 9.97 Å². The van der Waals surface area contributed by atoms with E-state index in [1.165, 1.54) is 6.33 Å². The van der Waals surface area contributed by atoms with E-state index in [4.69, 9.17) is 4.74 Å². The van der Waals surface area contributed by atoms with Crippen LogP contribution in [-0.2, 0) is 0 Å². The molecule has 100 valence electrons. The molecule has 5 nitrogen and oxygen atoms in total.